The van der Waals surface area contributed by atoms with E-state index >= 15 is 0 Å². The molecule has 5 heteroatoms. The van der Waals surface area contributed by atoms with Gasteiger partial charge in [0.2, 0.25) is 5.91 Å². The Morgan fingerprint density at radius 2 is 2.04 bits per heavy atom. The molecular weight excluding hydrogens is 312 g/mol. The van der Waals surface area contributed by atoms with E-state index in [2.05, 4.69) is 23.6 Å². The standard InChI is InChI=1S/C20H28N4O/c1-2-11-22-20(25)14-7-9-17(10-8-14)23-19-16(13-21)12-15-5-3-4-6-18(15)24-19/h12,14,17H,2-11H2,1H3,(H,22,25)(H,23,24). The van der Waals surface area contributed by atoms with Crippen LogP contribution in [0.2, 0.25) is 0 Å². The summed E-state index contributed by atoms with van der Waals surface area (Å²) in [7, 11) is 0. The van der Waals surface area contributed by atoms with E-state index in [1.807, 2.05) is 6.07 Å². The molecular formula is C20H28N4O. The predicted octanol–water partition coefficient (Wildman–Crippen LogP) is 3.33. The molecule has 25 heavy (non-hydrogen) atoms. The highest BCUT2D eigenvalue weighted by molar-refractivity contribution is 5.78. The lowest BCUT2D eigenvalue weighted by Crippen LogP contribution is -2.36. The number of nitrogens with zero attached hydrogens (tertiary/aromatic N) is 2. The third-order valence-corrected chi connectivity index (χ3v) is 5.41. The van der Waals surface area contributed by atoms with Crippen molar-refractivity contribution in [2.45, 2.75) is 70.8 Å². The van der Waals surface area contributed by atoms with Crippen molar-refractivity contribution in [1.29, 1.82) is 5.26 Å². The minimum absolute atomic E-state index is 0.136. The topological polar surface area (TPSA) is 77.8 Å². The lowest BCUT2D eigenvalue weighted by Gasteiger charge is -2.29. The number of rotatable bonds is 5. The third-order valence-electron chi connectivity index (χ3n) is 5.41. The van der Waals surface area contributed by atoms with Crippen LogP contribution in [0.15, 0.2) is 6.07 Å². The van der Waals surface area contributed by atoms with Crippen LogP contribution < -0.4 is 10.6 Å². The molecule has 0 bridgehead atoms. The number of hydrogen-bond acceptors (Lipinski definition) is 4. The summed E-state index contributed by atoms with van der Waals surface area (Å²) in [4.78, 5) is 16.9. The summed E-state index contributed by atoms with van der Waals surface area (Å²) in [5, 5.41) is 16.0. The second-order valence-corrected chi connectivity index (χ2v) is 7.29. The average Bonchev–Trinajstić information content (AvgIpc) is 2.66. The van der Waals surface area contributed by atoms with Gasteiger partial charge < -0.3 is 10.6 Å². The molecule has 2 aliphatic carbocycles. The molecule has 5 nitrogen and oxygen atoms in total. The summed E-state index contributed by atoms with van der Waals surface area (Å²) in [6, 6.07) is 4.62. The number of pyridine rings is 1. The Kier molecular flexibility index (Phi) is 5.91. The van der Waals surface area contributed by atoms with Gasteiger partial charge in [0.25, 0.3) is 0 Å². The number of anilines is 1. The van der Waals surface area contributed by atoms with Gasteiger partial charge in [-0.2, -0.15) is 5.26 Å². The normalized spacial score (nSPS) is 22.6. The van der Waals surface area contributed by atoms with Crippen molar-refractivity contribution >= 4 is 11.7 Å². The van der Waals surface area contributed by atoms with Crippen LogP contribution in [0.1, 0.15) is 68.7 Å². The number of carbonyl (C=O) groups excluding carboxylic acids is 1. The van der Waals surface area contributed by atoms with E-state index in [-0.39, 0.29) is 11.8 Å². The van der Waals surface area contributed by atoms with Crippen molar-refractivity contribution in [1.82, 2.24) is 10.3 Å². The first-order chi connectivity index (χ1) is 12.2. The Labute approximate surface area is 150 Å². The van der Waals surface area contributed by atoms with E-state index in [0.29, 0.717) is 11.6 Å². The number of hydrogen-bond donors (Lipinski definition) is 2. The molecule has 1 amide bonds. The summed E-state index contributed by atoms with van der Waals surface area (Å²) in [6.07, 6.45) is 9.11. The van der Waals surface area contributed by atoms with Crippen LogP contribution in [0, 0.1) is 17.2 Å². The van der Waals surface area contributed by atoms with E-state index in [1.54, 1.807) is 0 Å². The molecule has 1 aromatic heterocycles. The molecule has 0 atom stereocenters. The van der Waals surface area contributed by atoms with Crippen LogP contribution >= 0.6 is 0 Å². The Bertz CT molecular complexity index is 656. The molecule has 0 saturated heterocycles. The minimum atomic E-state index is 0.136. The SMILES string of the molecule is CCCNC(=O)C1CCC(Nc2nc3c(cc2C#N)CCCC3)CC1. The molecule has 1 aromatic rings. The zero-order chi connectivity index (χ0) is 17.6. The summed E-state index contributed by atoms with van der Waals surface area (Å²) in [5.41, 5.74) is 3.05. The molecule has 3 rings (SSSR count). The van der Waals surface area contributed by atoms with E-state index in [0.717, 1.165) is 63.0 Å². The number of aryl methyl sites for hydroxylation is 2. The van der Waals surface area contributed by atoms with Gasteiger partial charge in [0.1, 0.15) is 11.9 Å². The zero-order valence-corrected chi connectivity index (χ0v) is 15.1. The summed E-state index contributed by atoms with van der Waals surface area (Å²) >= 11 is 0. The van der Waals surface area contributed by atoms with Crippen LogP contribution in [-0.2, 0) is 17.6 Å². The molecule has 1 saturated carbocycles. The highest BCUT2D eigenvalue weighted by atomic mass is 16.1. The molecule has 0 unspecified atom stereocenters. The highest BCUT2D eigenvalue weighted by Gasteiger charge is 2.27. The van der Waals surface area contributed by atoms with Crippen LogP contribution in [0.3, 0.4) is 0 Å². The molecule has 0 spiro atoms. The number of aromatic nitrogens is 1. The second-order valence-electron chi connectivity index (χ2n) is 7.29. The third kappa shape index (κ3) is 4.31. The van der Waals surface area contributed by atoms with Gasteiger partial charge in [-0.1, -0.05) is 6.92 Å². The maximum Gasteiger partial charge on any atom is 0.223 e. The van der Waals surface area contributed by atoms with Gasteiger partial charge in [-0.15, -0.1) is 0 Å². The first kappa shape index (κ1) is 17.7. The van der Waals surface area contributed by atoms with Gasteiger partial charge in [-0.25, -0.2) is 4.98 Å². The van der Waals surface area contributed by atoms with Gasteiger partial charge in [-0.3, -0.25) is 4.79 Å². The Morgan fingerprint density at radius 3 is 2.76 bits per heavy atom. The van der Waals surface area contributed by atoms with Crippen molar-refractivity contribution in [3.8, 4) is 6.07 Å². The Morgan fingerprint density at radius 1 is 1.28 bits per heavy atom. The highest BCUT2D eigenvalue weighted by Crippen LogP contribution is 2.29. The van der Waals surface area contributed by atoms with Gasteiger partial charge in [0.15, 0.2) is 0 Å². The van der Waals surface area contributed by atoms with Gasteiger partial charge in [0, 0.05) is 24.2 Å². The average molecular weight is 340 g/mol. The van der Waals surface area contributed by atoms with Gasteiger partial charge >= 0.3 is 0 Å². The maximum atomic E-state index is 12.1. The van der Waals surface area contributed by atoms with Gasteiger partial charge in [0.05, 0.1) is 5.56 Å². The second kappa shape index (κ2) is 8.33. The lowest BCUT2D eigenvalue weighted by molar-refractivity contribution is -0.125. The smallest absolute Gasteiger partial charge is 0.223 e. The number of amides is 1. The molecule has 1 heterocycles. The number of fused-ring (bicyclic) bond motifs is 1. The molecule has 0 aliphatic heterocycles. The Hall–Kier alpha value is -2.09. The van der Waals surface area contributed by atoms with Crippen molar-refractivity contribution < 1.29 is 4.79 Å². The van der Waals surface area contributed by atoms with Crippen molar-refractivity contribution in [2.75, 3.05) is 11.9 Å². The van der Waals surface area contributed by atoms with Crippen LogP contribution in [0.25, 0.3) is 0 Å². The summed E-state index contributed by atoms with van der Waals surface area (Å²) < 4.78 is 0. The van der Waals surface area contributed by atoms with Crippen molar-refractivity contribution in [3.05, 3.63) is 22.9 Å². The predicted molar refractivity (Wildman–Crippen MR) is 98.3 cm³/mol. The minimum Gasteiger partial charge on any atom is -0.366 e. The van der Waals surface area contributed by atoms with E-state index in [1.165, 1.54) is 18.4 Å². The summed E-state index contributed by atoms with van der Waals surface area (Å²) in [5.74, 6) is 1.07. The molecule has 0 radical (unpaired) electrons. The van der Waals surface area contributed by atoms with Crippen LogP contribution in [0.4, 0.5) is 5.82 Å². The molecule has 2 N–H and O–H groups in total. The fourth-order valence-corrected chi connectivity index (χ4v) is 3.91. The first-order valence-electron chi connectivity index (χ1n) is 9.68. The fraction of sp³-hybridized carbons (Fsp3) is 0.650. The quantitative estimate of drug-likeness (QED) is 0.862. The zero-order valence-electron chi connectivity index (χ0n) is 15.1. The Balaban J connectivity index is 1.60. The number of nitriles is 1. The molecule has 1 fully saturated rings. The number of nitrogens with one attached hydrogen (secondary N) is 2. The van der Waals surface area contributed by atoms with E-state index < -0.39 is 0 Å². The largest absolute Gasteiger partial charge is 0.366 e. The molecule has 134 valence electrons. The molecule has 0 aromatic carbocycles. The monoisotopic (exact) mass is 340 g/mol. The van der Waals surface area contributed by atoms with E-state index in [9.17, 15) is 10.1 Å². The summed E-state index contributed by atoms with van der Waals surface area (Å²) in [6.45, 7) is 2.83. The molecule has 2 aliphatic rings. The number of carbonyl (C=O) groups is 1. The lowest BCUT2D eigenvalue weighted by atomic mass is 9.85. The van der Waals surface area contributed by atoms with E-state index in [4.69, 9.17) is 4.98 Å². The fourth-order valence-electron chi connectivity index (χ4n) is 3.91. The van der Waals surface area contributed by atoms with Crippen LogP contribution in [-0.4, -0.2) is 23.5 Å². The first-order valence-corrected chi connectivity index (χ1v) is 9.68. The van der Waals surface area contributed by atoms with Crippen molar-refractivity contribution in [2.24, 2.45) is 5.92 Å². The van der Waals surface area contributed by atoms with Crippen LogP contribution in [0.5, 0.6) is 0 Å². The van der Waals surface area contributed by atoms with Crippen molar-refractivity contribution in [3.63, 3.8) is 0 Å². The van der Waals surface area contributed by atoms with Gasteiger partial charge in [-0.05, 0) is 69.4 Å². The maximum absolute atomic E-state index is 12.1.